The summed E-state index contributed by atoms with van der Waals surface area (Å²) in [6.45, 7) is 6.54. The van der Waals surface area contributed by atoms with Crippen molar-refractivity contribution < 1.29 is 5.11 Å². The van der Waals surface area contributed by atoms with Crippen LogP contribution in [0.1, 0.15) is 32.6 Å². The third-order valence-electron chi connectivity index (χ3n) is 3.35. The number of unbranched alkanes of at least 4 members (excludes halogenated alkanes) is 3. The average molecular weight is 260 g/mol. The Labute approximate surface area is 112 Å². The lowest BCUT2D eigenvalue weighted by molar-refractivity contribution is 0.301. The SMILES string of the molecule is CCCCCC#C[C@H](O)[Si](C)(C)c1ccccc1. The van der Waals surface area contributed by atoms with Crippen LogP contribution in [0, 0.1) is 11.8 Å². The molecule has 1 nitrogen and oxygen atoms in total. The fraction of sp³-hybridized carbons (Fsp3) is 0.500. The molecule has 0 heterocycles. The van der Waals surface area contributed by atoms with Gasteiger partial charge in [0, 0.05) is 6.42 Å². The number of hydrogen-bond donors (Lipinski definition) is 1. The van der Waals surface area contributed by atoms with E-state index in [0.29, 0.717) is 0 Å². The summed E-state index contributed by atoms with van der Waals surface area (Å²) in [7, 11) is -1.87. The Bertz CT molecular complexity index is 400. The second-order valence-electron chi connectivity index (χ2n) is 5.27. The highest BCUT2D eigenvalue weighted by Crippen LogP contribution is 2.08. The van der Waals surface area contributed by atoms with Crippen molar-refractivity contribution in [1.82, 2.24) is 0 Å². The monoisotopic (exact) mass is 260 g/mol. The highest BCUT2D eigenvalue weighted by atomic mass is 28.3. The van der Waals surface area contributed by atoms with Gasteiger partial charge in [0.2, 0.25) is 0 Å². The van der Waals surface area contributed by atoms with Crippen molar-refractivity contribution in [1.29, 1.82) is 0 Å². The van der Waals surface area contributed by atoms with Crippen LogP contribution in [0.3, 0.4) is 0 Å². The minimum absolute atomic E-state index is 0.471. The van der Waals surface area contributed by atoms with E-state index in [0.717, 1.165) is 12.8 Å². The summed E-state index contributed by atoms with van der Waals surface area (Å²) in [5.74, 6) is 6.18. The van der Waals surface area contributed by atoms with Crippen molar-refractivity contribution in [2.45, 2.75) is 51.4 Å². The molecule has 0 fully saturated rings. The summed E-state index contributed by atoms with van der Waals surface area (Å²) < 4.78 is 0. The van der Waals surface area contributed by atoms with Gasteiger partial charge in [0.25, 0.3) is 0 Å². The first-order valence-electron chi connectivity index (χ1n) is 6.81. The van der Waals surface area contributed by atoms with E-state index in [1.165, 1.54) is 18.0 Å². The van der Waals surface area contributed by atoms with Crippen LogP contribution in [0.5, 0.6) is 0 Å². The molecular weight excluding hydrogens is 236 g/mol. The third-order valence-corrected chi connectivity index (χ3v) is 6.68. The Kier molecular flexibility index (Phi) is 6.18. The van der Waals surface area contributed by atoms with Crippen LogP contribution < -0.4 is 5.19 Å². The standard InChI is InChI=1S/C16H24OSi/c1-4-5-6-7-11-14-16(17)18(2,3)15-12-9-8-10-13-15/h8-10,12-13,16-17H,4-7H2,1-3H3/t16-/m1/s1. The highest BCUT2D eigenvalue weighted by Gasteiger charge is 2.31. The molecule has 0 saturated heterocycles. The predicted molar refractivity (Wildman–Crippen MR) is 81.5 cm³/mol. The molecular formula is C16H24OSi. The minimum atomic E-state index is -1.87. The quantitative estimate of drug-likeness (QED) is 0.490. The first kappa shape index (κ1) is 15.0. The van der Waals surface area contributed by atoms with Gasteiger partial charge < -0.3 is 5.11 Å². The van der Waals surface area contributed by atoms with Gasteiger partial charge in [-0.3, -0.25) is 0 Å². The fourth-order valence-corrected chi connectivity index (χ4v) is 3.67. The lowest BCUT2D eigenvalue weighted by atomic mass is 10.2. The summed E-state index contributed by atoms with van der Waals surface area (Å²) >= 11 is 0. The van der Waals surface area contributed by atoms with E-state index in [1.54, 1.807) is 0 Å². The Morgan fingerprint density at radius 3 is 2.44 bits per heavy atom. The molecule has 0 saturated carbocycles. The Hall–Kier alpha value is -1.04. The molecule has 0 aliphatic carbocycles. The first-order chi connectivity index (χ1) is 8.59. The highest BCUT2D eigenvalue weighted by molar-refractivity contribution is 6.91. The van der Waals surface area contributed by atoms with Gasteiger partial charge in [-0.05, 0) is 6.42 Å². The molecule has 1 aromatic carbocycles. The van der Waals surface area contributed by atoms with E-state index in [4.69, 9.17) is 0 Å². The number of rotatable bonds is 5. The third kappa shape index (κ3) is 4.32. The Morgan fingerprint density at radius 2 is 1.83 bits per heavy atom. The summed E-state index contributed by atoms with van der Waals surface area (Å²) in [4.78, 5) is 0. The van der Waals surface area contributed by atoms with Crippen molar-refractivity contribution >= 4 is 13.3 Å². The van der Waals surface area contributed by atoms with Crippen LogP contribution in [0.25, 0.3) is 0 Å². The second kappa shape index (κ2) is 7.40. The van der Waals surface area contributed by atoms with E-state index < -0.39 is 13.8 Å². The smallest absolute Gasteiger partial charge is 0.128 e. The molecule has 98 valence electrons. The normalized spacial score (nSPS) is 12.7. The number of aliphatic hydroxyl groups is 1. The fourth-order valence-electron chi connectivity index (χ4n) is 1.84. The van der Waals surface area contributed by atoms with Crippen LogP contribution >= 0.6 is 0 Å². The van der Waals surface area contributed by atoms with Crippen LogP contribution in [0.15, 0.2) is 30.3 Å². The maximum Gasteiger partial charge on any atom is 0.128 e. The van der Waals surface area contributed by atoms with E-state index in [9.17, 15) is 5.11 Å². The summed E-state index contributed by atoms with van der Waals surface area (Å²) in [5.41, 5.74) is -0.471. The van der Waals surface area contributed by atoms with Gasteiger partial charge in [-0.25, -0.2) is 0 Å². The Balaban J connectivity index is 2.62. The summed E-state index contributed by atoms with van der Waals surface area (Å²) in [6.07, 6.45) is 4.49. The molecule has 0 aromatic heterocycles. The molecule has 0 radical (unpaired) electrons. The number of aliphatic hydroxyl groups excluding tert-OH is 1. The molecule has 0 unspecified atom stereocenters. The van der Waals surface area contributed by atoms with Gasteiger partial charge in [0.1, 0.15) is 13.8 Å². The van der Waals surface area contributed by atoms with Gasteiger partial charge in [0.15, 0.2) is 0 Å². The molecule has 1 N–H and O–H groups in total. The minimum Gasteiger partial charge on any atom is -0.384 e. The molecule has 1 rings (SSSR count). The van der Waals surface area contributed by atoms with Crippen LogP contribution in [0.4, 0.5) is 0 Å². The van der Waals surface area contributed by atoms with Crippen LogP contribution in [0.2, 0.25) is 13.1 Å². The average Bonchev–Trinajstić information content (AvgIpc) is 2.39. The van der Waals surface area contributed by atoms with Crippen molar-refractivity contribution in [2.24, 2.45) is 0 Å². The summed E-state index contributed by atoms with van der Waals surface area (Å²) in [6, 6.07) is 10.3. The molecule has 0 aliphatic rings. The molecule has 0 aliphatic heterocycles. The van der Waals surface area contributed by atoms with E-state index >= 15 is 0 Å². The topological polar surface area (TPSA) is 20.2 Å². The van der Waals surface area contributed by atoms with Gasteiger partial charge in [-0.1, -0.05) is 74.3 Å². The molecule has 1 aromatic rings. The molecule has 2 heteroatoms. The molecule has 0 amide bonds. The van der Waals surface area contributed by atoms with Crippen molar-refractivity contribution in [3.05, 3.63) is 30.3 Å². The summed E-state index contributed by atoms with van der Waals surface area (Å²) in [5, 5.41) is 11.5. The van der Waals surface area contributed by atoms with Crippen molar-refractivity contribution in [3.8, 4) is 11.8 Å². The van der Waals surface area contributed by atoms with Gasteiger partial charge in [0.05, 0.1) is 0 Å². The zero-order valence-electron chi connectivity index (χ0n) is 11.7. The maximum atomic E-state index is 10.3. The molecule has 0 bridgehead atoms. The molecule has 18 heavy (non-hydrogen) atoms. The molecule has 1 atom stereocenters. The van der Waals surface area contributed by atoms with Crippen LogP contribution in [-0.2, 0) is 0 Å². The van der Waals surface area contributed by atoms with E-state index in [-0.39, 0.29) is 0 Å². The van der Waals surface area contributed by atoms with Crippen molar-refractivity contribution in [2.75, 3.05) is 0 Å². The van der Waals surface area contributed by atoms with Crippen molar-refractivity contribution in [3.63, 3.8) is 0 Å². The largest absolute Gasteiger partial charge is 0.384 e. The predicted octanol–water partition coefficient (Wildman–Crippen LogP) is 3.09. The van der Waals surface area contributed by atoms with Gasteiger partial charge in [-0.2, -0.15) is 0 Å². The second-order valence-corrected chi connectivity index (χ2v) is 9.84. The first-order valence-corrected chi connectivity index (χ1v) is 9.88. The van der Waals surface area contributed by atoms with Crippen LogP contribution in [-0.4, -0.2) is 18.9 Å². The lowest BCUT2D eigenvalue weighted by Crippen LogP contribution is -2.52. The lowest BCUT2D eigenvalue weighted by Gasteiger charge is -2.25. The van der Waals surface area contributed by atoms with E-state index in [1.807, 2.05) is 18.2 Å². The Morgan fingerprint density at radius 1 is 1.17 bits per heavy atom. The van der Waals surface area contributed by atoms with Gasteiger partial charge >= 0.3 is 0 Å². The molecule has 0 spiro atoms. The zero-order valence-corrected chi connectivity index (χ0v) is 12.7. The number of hydrogen-bond acceptors (Lipinski definition) is 1. The van der Waals surface area contributed by atoms with Gasteiger partial charge in [-0.15, -0.1) is 5.92 Å². The maximum absolute atomic E-state index is 10.3. The zero-order chi connectivity index (χ0) is 13.4. The van der Waals surface area contributed by atoms with E-state index in [2.05, 4.69) is 44.0 Å². The number of benzene rings is 1.